The molecule has 0 fully saturated rings. The van der Waals surface area contributed by atoms with E-state index < -0.39 is 28.4 Å². The molecule has 27 heavy (non-hydrogen) atoms. The van der Waals surface area contributed by atoms with Crippen molar-refractivity contribution in [3.8, 4) is 23.0 Å². The second-order valence-electron chi connectivity index (χ2n) is 5.43. The Bertz CT molecular complexity index is 913. The van der Waals surface area contributed by atoms with E-state index in [1.807, 2.05) is 0 Å². The first kappa shape index (κ1) is 18.0. The van der Waals surface area contributed by atoms with Crippen LogP contribution in [-0.4, -0.2) is 36.9 Å². The van der Waals surface area contributed by atoms with Gasteiger partial charge in [-0.3, -0.25) is 14.9 Å². The van der Waals surface area contributed by atoms with E-state index in [1.165, 1.54) is 13.2 Å². The molecule has 2 aromatic carbocycles. The summed E-state index contributed by atoms with van der Waals surface area (Å²) in [5.74, 6) is -0.600. The highest BCUT2D eigenvalue weighted by atomic mass is 16.6. The normalized spacial score (nSPS) is 15.4. The number of hydrogen-bond donors (Lipinski definition) is 1. The van der Waals surface area contributed by atoms with Gasteiger partial charge in [-0.2, -0.15) is 5.10 Å². The molecule has 0 saturated heterocycles. The third-order valence-corrected chi connectivity index (χ3v) is 3.66. The lowest BCUT2D eigenvalue weighted by atomic mass is 10.2. The number of methoxy groups -OCH3 is 1. The minimum atomic E-state index is -0.898. The molecule has 3 rings (SSSR count). The van der Waals surface area contributed by atoms with E-state index >= 15 is 0 Å². The fraction of sp³-hybridized carbons (Fsp3) is 0.176. The van der Waals surface area contributed by atoms with Crippen LogP contribution in [-0.2, 0) is 4.79 Å². The summed E-state index contributed by atoms with van der Waals surface area (Å²) in [6.45, 7) is 0.0164. The van der Waals surface area contributed by atoms with Crippen molar-refractivity contribution in [2.24, 2.45) is 5.10 Å². The van der Waals surface area contributed by atoms with Crippen LogP contribution in [0.2, 0.25) is 0 Å². The predicted octanol–water partition coefficient (Wildman–Crippen LogP) is 0.967. The van der Waals surface area contributed by atoms with E-state index in [1.54, 1.807) is 24.3 Å². The molecule has 1 atom stereocenters. The molecular weight excluding hydrogens is 358 g/mol. The van der Waals surface area contributed by atoms with E-state index in [9.17, 15) is 20.0 Å². The highest BCUT2D eigenvalue weighted by Crippen LogP contribution is 2.34. The van der Waals surface area contributed by atoms with Crippen LogP contribution in [0.3, 0.4) is 0 Å². The summed E-state index contributed by atoms with van der Waals surface area (Å²) in [7, 11) is 1.22. The second kappa shape index (κ2) is 7.60. The zero-order valence-electron chi connectivity index (χ0n) is 14.1. The zero-order chi connectivity index (χ0) is 19.4. The minimum absolute atomic E-state index is 0.0164. The number of carbonyl (C=O) groups excluding carboxylic acids is 1. The Balaban J connectivity index is 1.68. The smallest absolute Gasteiger partial charge is 0.284 e. The standard InChI is InChI=1S/C17H15N3O7/c1-25-14-7-10(6-11(16(14)21)20(23)24)8-18-19-17(22)15-9-26-12-4-2-3-5-13(12)27-15/h2-8,15,21H,9H2,1H3,(H,19,22)/p-1/t15-/m1/s1. The summed E-state index contributed by atoms with van der Waals surface area (Å²) >= 11 is 0. The third kappa shape index (κ3) is 3.89. The number of para-hydroxylation sites is 2. The number of amides is 1. The van der Waals surface area contributed by atoms with Crippen LogP contribution in [0.25, 0.3) is 0 Å². The molecule has 1 aliphatic rings. The molecule has 0 aliphatic carbocycles. The Kier molecular flexibility index (Phi) is 5.06. The lowest BCUT2D eigenvalue weighted by molar-refractivity contribution is -0.398. The molecule has 140 valence electrons. The maximum Gasteiger partial charge on any atom is 0.284 e. The molecule has 0 bridgehead atoms. The van der Waals surface area contributed by atoms with Gasteiger partial charge in [0.2, 0.25) is 6.10 Å². The number of nitro benzene ring substituents is 1. The molecule has 0 saturated carbocycles. The van der Waals surface area contributed by atoms with Crippen molar-refractivity contribution in [1.82, 2.24) is 5.43 Å². The van der Waals surface area contributed by atoms with Crippen LogP contribution in [0.1, 0.15) is 5.56 Å². The highest BCUT2D eigenvalue weighted by molar-refractivity contribution is 5.86. The molecule has 1 amide bonds. The van der Waals surface area contributed by atoms with Gasteiger partial charge in [0.1, 0.15) is 12.4 Å². The van der Waals surface area contributed by atoms with Gasteiger partial charge in [0.25, 0.3) is 11.6 Å². The van der Waals surface area contributed by atoms with Gasteiger partial charge in [0.05, 0.1) is 18.2 Å². The fourth-order valence-electron chi connectivity index (χ4n) is 2.36. The van der Waals surface area contributed by atoms with Gasteiger partial charge in [-0.15, -0.1) is 0 Å². The van der Waals surface area contributed by atoms with Gasteiger partial charge in [-0.1, -0.05) is 12.1 Å². The average molecular weight is 372 g/mol. The third-order valence-electron chi connectivity index (χ3n) is 3.66. The summed E-state index contributed by atoms with van der Waals surface area (Å²) in [5.41, 5.74) is 1.83. The number of benzene rings is 2. The van der Waals surface area contributed by atoms with Crippen molar-refractivity contribution in [1.29, 1.82) is 0 Å². The number of hydrazone groups is 1. The molecule has 10 nitrogen and oxygen atoms in total. The highest BCUT2D eigenvalue weighted by Gasteiger charge is 2.27. The van der Waals surface area contributed by atoms with Crippen molar-refractivity contribution in [2.45, 2.75) is 6.10 Å². The van der Waals surface area contributed by atoms with E-state index in [0.29, 0.717) is 11.5 Å². The number of nitro groups is 1. The zero-order valence-corrected chi connectivity index (χ0v) is 14.1. The van der Waals surface area contributed by atoms with Crippen molar-refractivity contribution in [3.63, 3.8) is 0 Å². The molecule has 0 aromatic heterocycles. The maximum absolute atomic E-state index is 12.1. The first-order valence-corrected chi connectivity index (χ1v) is 7.74. The SMILES string of the molecule is COc1cc(C=NNC(=O)[C@H]2COc3ccccc3O2)cc([N+](=O)[O-])c1[O-]. The van der Waals surface area contributed by atoms with Gasteiger partial charge in [0.15, 0.2) is 11.5 Å². The number of fused-ring (bicyclic) bond motifs is 1. The molecule has 0 spiro atoms. The van der Waals surface area contributed by atoms with Crippen molar-refractivity contribution in [3.05, 3.63) is 52.1 Å². The minimum Gasteiger partial charge on any atom is -0.865 e. The van der Waals surface area contributed by atoms with E-state index in [4.69, 9.17) is 14.2 Å². The Morgan fingerprint density at radius 1 is 1.37 bits per heavy atom. The summed E-state index contributed by atoms with van der Waals surface area (Å²) < 4.78 is 15.8. The van der Waals surface area contributed by atoms with Crippen LogP contribution in [0, 0.1) is 10.1 Å². The Labute approximate surface area is 153 Å². The lowest BCUT2D eigenvalue weighted by Crippen LogP contribution is -2.42. The van der Waals surface area contributed by atoms with Gasteiger partial charge in [-0.25, -0.2) is 5.43 Å². The van der Waals surface area contributed by atoms with Gasteiger partial charge in [-0.05, 0) is 18.2 Å². The average Bonchev–Trinajstić information content (AvgIpc) is 2.68. The molecule has 1 aliphatic heterocycles. The molecule has 0 unspecified atom stereocenters. The Hall–Kier alpha value is -3.82. The monoisotopic (exact) mass is 372 g/mol. The molecule has 2 aromatic rings. The van der Waals surface area contributed by atoms with E-state index in [2.05, 4.69) is 10.5 Å². The van der Waals surface area contributed by atoms with Gasteiger partial charge in [0, 0.05) is 17.4 Å². The number of carbonyl (C=O) groups is 1. The van der Waals surface area contributed by atoms with Crippen molar-refractivity contribution < 1.29 is 29.0 Å². The van der Waals surface area contributed by atoms with E-state index in [0.717, 1.165) is 12.3 Å². The molecule has 1 N–H and O–H groups in total. The van der Waals surface area contributed by atoms with E-state index in [-0.39, 0.29) is 17.9 Å². The number of nitrogens with one attached hydrogen (secondary N) is 1. The van der Waals surface area contributed by atoms with Crippen LogP contribution in [0.5, 0.6) is 23.0 Å². The van der Waals surface area contributed by atoms with Crippen molar-refractivity contribution >= 4 is 17.8 Å². The largest absolute Gasteiger partial charge is 0.865 e. The number of nitrogens with zero attached hydrogens (tertiary/aromatic N) is 2. The summed E-state index contributed by atoms with van der Waals surface area (Å²) in [6, 6.07) is 9.25. The number of ether oxygens (including phenoxy) is 3. The predicted molar refractivity (Wildman–Crippen MR) is 91.2 cm³/mol. The molecule has 10 heteroatoms. The quantitative estimate of drug-likeness (QED) is 0.469. The van der Waals surface area contributed by atoms with Gasteiger partial charge < -0.3 is 19.3 Å². The van der Waals surface area contributed by atoms with Crippen LogP contribution < -0.4 is 24.7 Å². The molecule has 0 radical (unpaired) electrons. The van der Waals surface area contributed by atoms with Crippen LogP contribution in [0.15, 0.2) is 41.5 Å². The number of rotatable bonds is 5. The lowest BCUT2D eigenvalue weighted by Gasteiger charge is -2.24. The molecule has 1 heterocycles. The maximum atomic E-state index is 12.1. The summed E-state index contributed by atoms with van der Waals surface area (Å²) in [5, 5.41) is 26.4. The Morgan fingerprint density at radius 2 is 2.11 bits per heavy atom. The van der Waals surface area contributed by atoms with Crippen LogP contribution in [0.4, 0.5) is 5.69 Å². The number of hydrogen-bond acceptors (Lipinski definition) is 8. The summed E-state index contributed by atoms with van der Waals surface area (Å²) in [6.07, 6.45) is 0.259. The second-order valence-corrected chi connectivity index (χ2v) is 5.43. The summed E-state index contributed by atoms with van der Waals surface area (Å²) in [4.78, 5) is 22.3. The van der Waals surface area contributed by atoms with Crippen LogP contribution >= 0.6 is 0 Å². The first-order valence-electron chi connectivity index (χ1n) is 7.74. The van der Waals surface area contributed by atoms with Crippen molar-refractivity contribution in [2.75, 3.05) is 13.7 Å². The topological polar surface area (TPSA) is 135 Å². The fourth-order valence-corrected chi connectivity index (χ4v) is 2.36. The van der Waals surface area contributed by atoms with Gasteiger partial charge >= 0.3 is 0 Å². The Morgan fingerprint density at radius 3 is 2.81 bits per heavy atom. The molecular formula is C17H14N3O7-. The first-order chi connectivity index (χ1) is 13.0.